The molecule has 6 heteroatoms. The number of halogens is 1. The average Bonchev–Trinajstić information content (AvgIpc) is 2.51. The van der Waals surface area contributed by atoms with E-state index < -0.39 is 0 Å². The molecule has 0 aliphatic heterocycles. The van der Waals surface area contributed by atoms with Gasteiger partial charge in [0.15, 0.2) is 6.54 Å². The van der Waals surface area contributed by atoms with E-state index in [1.165, 1.54) is 6.92 Å². The van der Waals surface area contributed by atoms with E-state index in [9.17, 15) is 9.59 Å². The third-order valence-corrected chi connectivity index (χ3v) is 3.77. The summed E-state index contributed by atoms with van der Waals surface area (Å²) in [5.74, 6) is -0.205. The van der Waals surface area contributed by atoms with Crippen molar-refractivity contribution in [1.82, 2.24) is 0 Å². The van der Waals surface area contributed by atoms with Gasteiger partial charge in [-0.05, 0) is 30.3 Å². The number of benzene rings is 2. The standard InChI is InChI=1S/C18H20ClN3O2/c1-13(23)20-15-7-9-16(10-8-15)21-18(24)12-22(2)11-14-5-3-4-6-17(14)19/h3-10H,11-12H2,1-2H3,(H,20,23)(H,21,24)/p+1. The molecule has 1 unspecified atom stereocenters. The molecule has 2 amide bonds. The second-order valence-corrected chi connectivity index (χ2v) is 6.12. The van der Waals surface area contributed by atoms with Crippen LogP contribution in [0.5, 0.6) is 0 Å². The zero-order valence-electron chi connectivity index (χ0n) is 13.7. The van der Waals surface area contributed by atoms with E-state index in [1.807, 2.05) is 31.3 Å². The van der Waals surface area contributed by atoms with E-state index in [0.717, 1.165) is 10.5 Å². The Hall–Kier alpha value is -2.37. The number of nitrogens with one attached hydrogen (secondary N) is 3. The maximum absolute atomic E-state index is 12.1. The lowest BCUT2D eigenvalue weighted by Crippen LogP contribution is -3.08. The summed E-state index contributed by atoms with van der Waals surface area (Å²) in [6.07, 6.45) is 0. The van der Waals surface area contributed by atoms with Crippen LogP contribution in [0.25, 0.3) is 0 Å². The maximum atomic E-state index is 12.1. The van der Waals surface area contributed by atoms with Gasteiger partial charge in [-0.3, -0.25) is 9.59 Å². The van der Waals surface area contributed by atoms with Crippen molar-refractivity contribution in [1.29, 1.82) is 0 Å². The van der Waals surface area contributed by atoms with E-state index in [-0.39, 0.29) is 11.8 Å². The normalized spacial score (nSPS) is 11.6. The van der Waals surface area contributed by atoms with E-state index in [0.29, 0.717) is 29.5 Å². The van der Waals surface area contributed by atoms with Crippen molar-refractivity contribution in [3.05, 3.63) is 59.1 Å². The maximum Gasteiger partial charge on any atom is 0.279 e. The molecule has 126 valence electrons. The van der Waals surface area contributed by atoms with Gasteiger partial charge in [0, 0.05) is 28.9 Å². The summed E-state index contributed by atoms with van der Waals surface area (Å²) < 4.78 is 0. The molecule has 1 atom stereocenters. The minimum Gasteiger partial charge on any atom is -0.326 e. The summed E-state index contributed by atoms with van der Waals surface area (Å²) in [5, 5.41) is 6.24. The van der Waals surface area contributed by atoms with Gasteiger partial charge in [0.05, 0.1) is 7.05 Å². The van der Waals surface area contributed by atoms with Gasteiger partial charge in [-0.2, -0.15) is 0 Å². The highest BCUT2D eigenvalue weighted by Crippen LogP contribution is 2.14. The topological polar surface area (TPSA) is 62.6 Å². The van der Waals surface area contributed by atoms with Gasteiger partial charge < -0.3 is 15.5 Å². The molecule has 0 saturated carbocycles. The van der Waals surface area contributed by atoms with Crippen LogP contribution in [0.4, 0.5) is 11.4 Å². The minimum atomic E-state index is -0.128. The van der Waals surface area contributed by atoms with E-state index >= 15 is 0 Å². The largest absolute Gasteiger partial charge is 0.326 e. The van der Waals surface area contributed by atoms with Crippen molar-refractivity contribution < 1.29 is 14.5 Å². The van der Waals surface area contributed by atoms with Crippen LogP contribution >= 0.6 is 11.6 Å². The number of carbonyl (C=O) groups is 2. The van der Waals surface area contributed by atoms with E-state index in [2.05, 4.69) is 10.6 Å². The molecule has 2 aromatic carbocycles. The van der Waals surface area contributed by atoms with Gasteiger partial charge in [-0.1, -0.05) is 29.8 Å². The second-order valence-electron chi connectivity index (χ2n) is 5.71. The number of hydrogen-bond acceptors (Lipinski definition) is 2. The molecule has 2 aromatic rings. The van der Waals surface area contributed by atoms with Crippen molar-refractivity contribution >= 4 is 34.8 Å². The van der Waals surface area contributed by atoms with Gasteiger partial charge in [-0.15, -0.1) is 0 Å². The number of anilines is 2. The number of carbonyl (C=O) groups excluding carboxylic acids is 2. The van der Waals surface area contributed by atoms with Crippen LogP contribution in [0, 0.1) is 0 Å². The molecule has 3 N–H and O–H groups in total. The molecule has 0 heterocycles. The molecule has 24 heavy (non-hydrogen) atoms. The molecule has 0 aliphatic carbocycles. The highest BCUT2D eigenvalue weighted by Gasteiger charge is 2.12. The van der Waals surface area contributed by atoms with Crippen molar-refractivity contribution in [3.8, 4) is 0 Å². The molecular formula is C18H21ClN3O2+. The lowest BCUT2D eigenvalue weighted by atomic mass is 10.2. The Morgan fingerprint density at radius 3 is 2.17 bits per heavy atom. The molecule has 0 saturated heterocycles. The molecule has 5 nitrogen and oxygen atoms in total. The fraction of sp³-hybridized carbons (Fsp3) is 0.222. The predicted molar refractivity (Wildman–Crippen MR) is 96.3 cm³/mol. The molecule has 2 rings (SSSR count). The third-order valence-electron chi connectivity index (χ3n) is 3.40. The van der Waals surface area contributed by atoms with Gasteiger partial charge in [0.2, 0.25) is 5.91 Å². The second kappa shape index (κ2) is 8.47. The zero-order valence-corrected chi connectivity index (χ0v) is 14.5. The first-order valence-corrected chi connectivity index (χ1v) is 8.04. The first-order chi connectivity index (χ1) is 11.4. The Balaban J connectivity index is 1.86. The van der Waals surface area contributed by atoms with E-state index in [4.69, 9.17) is 11.6 Å². The number of amides is 2. The molecule has 0 radical (unpaired) electrons. The van der Waals surface area contributed by atoms with Crippen LogP contribution in [0.15, 0.2) is 48.5 Å². The number of quaternary nitrogens is 1. The van der Waals surface area contributed by atoms with Gasteiger partial charge in [0.1, 0.15) is 6.54 Å². The van der Waals surface area contributed by atoms with Crippen LogP contribution in [-0.4, -0.2) is 25.4 Å². The number of likely N-dealkylation sites (N-methyl/N-ethyl adjacent to an activating group) is 1. The first-order valence-electron chi connectivity index (χ1n) is 7.66. The van der Waals surface area contributed by atoms with Crippen LogP contribution < -0.4 is 15.5 Å². The van der Waals surface area contributed by atoms with Gasteiger partial charge in [0.25, 0.3) is 5.91 Å². The summed E-state index contributed by atoms with van der Waals surface area (Å²) in [6.45, 7) is 2.46. The lowest BCUT2D eigenvalue weighted by molar-refractivity contribution is -0.885. The smallest absolute Gasteiger partial charge is 0.279 e. The molecule has 0 fully saturated rings. The van der Waals surface area contributed by atoms with Crippen molar-refractivity contribution in [2.45, 2.75) is 13.5 Å². The van der Waals surface area contributed by atoms with Crippen LogP contribution in [0.2, 0.25) is 5.02 Å². The molecule has 0 spiro atoms. The van der Waals surface area contributed by atoms with Crippen molar-refractivity contribution in [3.63, 3.8) is 0 Å². The molecular weight excluding hydrogens is 326 g/mol. The Morgan fingerprint density at radius 2 is 1.58 bits per heavy atom. The quantitative estimate of drug-likeness (QED) is 0.748. The fourth-order valence-electron chi connectivity index (χ4n) is 2.35. The number of rotatable bonds is 6. The van der Waals surface area contributed by atoms with Crippen LogP contribution in [-0.2, 0) is 16.1 Å². The summed E-state index contributed by atoms with van der Waals surface area (Å²) >= 11 is 6.14. The Bertz CT molecular complexity index is 716. The molecule has 0 aliphatic rings. The minimum absolute atomic E-state index is 0.0770. The SMILES string of the molecule is CC(=O)Nc1ccc(NC(=O)C[NH+](C)Cc2ccccc2Cl)cc1. The Kier molecular flexibility index (Phi) is 6.35. The van der Waals surface area contributed by atoms with Crippen LogP contribution in [0.1, 0.15) is 12.5 Å². The van der Waals surface area contributed by atoms with Gasteiger partial charge >= 0.3 is 0 Å². The average molecular weight is 347 g/mol. The van der Waals surface area contributed by atoms with E-state index in [1.54, 1.807) is 24.3 Å². The van der Waals surface area contributed by atoms with Crippen LogP contribution in [0.3, 0.4) is 0 Å². The highest BCUT2D eigenvalue weighted by molar-refractivity contribution is 6.31. The number of hydrogen-bond donors (Lipinski definition) is 3. The predicted octanol–water partition coefficient (Wildman–Crippen LogP) is 1.95. The Morgan fingerprint density at radius 1 is 1.00 bits per heavy atom. The molecule has 0 aromatic heterocycles. The zero-order chi connectivity index (χ0) is 17.5. The summed E-state index contributed by atoms with van der Waals surface area (Å²) in [7, 11) is 1.95. The fourth-order valence-corrected chi connectivity index (χ4v) is 2.55. The monoisotopic (exact) mass is 346 g/mol. The molecule has 0 bridgehead atoms. The van der Waals surface area contributed by atoms with Crippen molar-refractivity contribution in [2.75, 3.05) is 24.2 Å². The summed E-state index contributed by atoms with van der Waals surface area (Å²) in [4.78, 5) is 24.1. The Labute approximate surface area is 146 Å². The first kappa shape index (κ1) is 18.0. The lowest BCUT2D eigenvalue weighted by Gasteiger charge is -2.15. The highest BCUT2D eigenvalue weighted by atomic mass is 35.5. The summed E-state index contributed by atoms with van der Waals surface area (Å²) in [5.41, 5.74) is 2.41. The third kappa shape index (κ3) is 5.68. The summed E-state index contributed by atoms with van der Waals surface area (Å²) in [6, 6.07) is 14.6. The van der Waals surface area contributed by atoms with Crippen molar-refractivity contribution in [2.24, 2.45) is 0 Å². The van der Waals surface area contributed by atoms with Gasteiger partial charge in [-0.25, -0.2) is 0 Å².